The topological polar surface area (TPSA) is 12.0 Å². The van der Waals surface area contributed by atoms with E-state index in [2.05, 4.69) is 42.0 Å². The van der Waals surface area contributed by atoms with Gasteiger partial charge in [-0.05, 0) is 68.0 Å². The zero-order chi connectivity index (χ0) is 14.3. The van der Waals surface area contributed by atoms with Crippen molar-refractivity contribution in [2.24, 2.45) is 11.8 Å². The van der Waals surface area contributed by atoms with Crippen molar-refractivity contribution in [1.29, 1.82) is 0 Å². The first-order chi connectivity index (χ1) is 9.02. The summed E-state index contributed by atoms with van der Waals surface area (Å²) in [6, 6.07) is 4.95. The summed E-state index contributed by atoms with van der Waals surface area (Å²) in [6.07, 6.45) is 3.24. The fraction of sp³-hybridized carbons (Fsp3) is 0.625. The molecule has 0 heterocycles. The van der Waals surface area contributed by atoms with Crippen LogP contribution in [-0.2, 0) is 6.42 Å². The number of nitrogens with one attached hydrogen (secondary N) is 1. The largest absolute Gasteiger partial charge is 0.316 e. The van der Waals surface area contributed by atoms with E-state index in [1.165, 1.54) is 12.5 Å². The third kappa shape index (κ3) is 6.53. The highest BCUT2D eigenvalue weighted by molar-refractivity contribution is 9.10. The van der Waals surface area contributed by atoms with Gasteiger partial charge in [0.1, 0.15) is 5.82 Å². The highest BCUT2D eigenvalue weighted by Gasteiger charge is 2.13. The molecule has 1 aromatic carbocycles. The van der Waals surface area contributed by atoms with E-state index >= 15 is 0 Å². The molecule has 1 aromatic rings. The molecule has 0 saturated carbocycles. The predicted octanol–water partition coefficient (Wildman–Crippen LogP) is 4.79. The minimum absolute atomic E-state index is 0.150. The maximum absolute atomic E-state index is 13.3. The van der Waals surface area contributed by atoms with Gasteiger partial charge in [-0.3, -0.25) is 0 Å². The Bertz CT molecular complexity index is 379. The third-order valence-corrected chi connectivity index (χ3v) is 3.95. The molecule has 0 radical (unpaired) electrons. The van der Waals surface area contributed by atoms with Crippen LogP contribution in [0.5, 0.6) is 0 Å². The lowest BCUT2D eigenvalue weighted by Crippen LogP contribution is -2.26. The van der Waals surface area contributed by atoms with Crippen molar-refractivity contribution in [3.8, 4) is 0 Å². The second-order valence-corrected chi connectivity index (χ2v) is 6.49. The second kappa shape index (κ2) is 8.70. The summed E-state index contributed by atoms with van der Waals surface area (Å²) in [5.74, 6) is 1.08. The van der Waals surface area contributed by atoms with Crippen molar-refractivity contribution in [2.75, 3.05) is 13.1 Å². The summed E-state index contributed by atoms with van der Waals surface area (Å²) in [4.78, 5) is 0. The van der Waals surface area contributed by atoms with E-state index in [1.807, 2.05) is 0 Å². The van der Waals surface area contributed by atoms with Crippen LogP contribution in [-0.4, -0.2) is 13.1 Å². The average molecular weight is 330 g/mol. The van der Waals surface area contributed by atoms with Gasteiger partial charge in [-0.2, -0.15) is 0 Å². The molecule has 0 saturated heterocycles. The maximum atomic E-state index is 13.3. The minimum Gasteiger partial charge on any atom is -0.316 e. The fourth-order valence-electron chi connectivity index (χ4n) is 2.40. The Morgan fingerprint density at radius 3 is 2.68 bits per heavy atom. The Morgan fingerprint density at radius 1 is 1.32 bits per heavy atom. The highest BCUT2D eigenvalue weighted by Crippen LogP contribution is 2.23. The molecule has 19 heavy (non-hydrogen) atoms. The van der Waals surface area contributed by atoms with E-state index in [-0.39, 0.29) is 5.82 Å². The smallest absolute Gasteiger partial charge is 0.123 e. The summed E-state index contributed by atoms with van der Waals surface area (Å²) in [6.45, 7) is 8.72. The van der Waals surface area contributed by atoms with Crippen LogP contribution in [0.3, 0.4) is 0 Å². The van der Waals surface area contributed by atoms with Crippen LogP contribution in [0, 0.1) is 17.7 Å². The Kier molecular flexibility index (Phi) is 7.62. The standard InChI is InChI=1S/C16H25BrFN/c1-4-7-19-11-13(8-12(2)3)9-14-10-15(18)5-6-16(14)17/h5-6,10,12-13,19H,4,7-9,11H2,1-3H3. The van der Waals surface area contributed by atoms with Gasteiger partial charge in [0.2, 0.25) is 0 Å². The number of halogens is 2. The number of hydrogen-bond donors (Lipinski definition) is 1. The summed E-state index contributed by atoms with van der Waals surface area (Å²) in [5.41, 5.74) is 1.07. The first kappa shape index (κ1) is 16.6. The molecule has 0 aliphatic rings. The molecule has 0 aliphatic carbocycles. The first-order valence-electron chi connectivity index (χ1n) is 7.17. The van der Waals surface area contributed by atoms with Gasteiger partial charge in [0.05, 0.1) is 0 Å². The zero-order valence-corrected chi connectivity index (χ0v) is 13.8. The average Bonchev–Trinajstić information content (AvgIpc) is 2.33. The van der Waals surface area contributed by atoms with E-state index in [9.17, 15) is 4.39 Å². The SMILES string of the molecule is CCCNCC(Cc1cc(F)ccc1Br)CC(C)C. The van der Waals surface area contributed by atoms with Crippen molar-refractivity contribution in [1.82, 2.24) is 5.32 Å². The lowest BCUT2D eigenvalue weighted by molar-refractivity contribution is 0.384. The summed E-state index contributed by atoms with van der Waals surface area (Å²) >= 11 is 3.52. The van der Waals surface area contributed by atoms with Crippen LogP contribution in [0.2, 0.25) is 0 Å². The predicted molar refractivity (Wildman–Crippen MR) is 83.9 cm³/mol. The van der Waals surface area contributed by atoms with Crippen LogP contribution in [0.4, 0.5) is 4.39 Å². The molecule has 0 fully saturated rings. The number of hydrogen-bond acceptors (Lipinski definition) is 1. The molecule has 1 nitrogen and oxygen atoms in total. The fourth-order valence-corrected chi connectivity index (χ4v) is 2.81. The number of rotatable bonds is 8. The van der Waals surface area contributed by atoms with Crippen molar-refractivity contribution in [3.05, 3.63) is 34.1 Å². The summed E-state index contributed by atoms with van der Waals surface area (Å²) < 4.78 is 14.3. The molecule has 0 aromatic heterocycles. The van der Waals surface area contributed by atoms with Crippen LogP contribution in [0.25, 0.3) is 0 Å². The monoisotopic (exact) mass is 329 g/mol. The van der Waals surface area contributed by atoms with Crippen LogP contribution in [0.15, 0.2) is 22.7 Å². The summed E-state index contributed by atoms with van der Waals surface area (Å²) in [5, 5.41) is 3.49. The van der Waals surface area contributed by atoms with E-state index < -0.39 is 0 Å². The lowest BCUT2D eigenvalue weighted by Gasteiger charge is -2.20. The van der Waals surface area contributed by atoms with Crippen LogP contribution in [0.1, 0.15) is 39.2 Å². The molecule has 1 unspecified atom stereocenters. The molecule has 0 spiro atoms. The first-order valence-corrected chi connectivity index (χ1v) is 7.96. The molecular formula is C16H25BrFN. The van der Waals surface area contributed by atoms with E-state index in [1.54, 1.807) is 12.1 Å². The minimum atomic E-state index is -0.150. The highest BCUT2D eigenvalue weighted by atomic mass is 79.9. The molecule has 1 atom stereocenters. The molecule has 3 heteroatoms. The van der Waals surface area contributed by atoms with Gasteiger partial charge >= 0.3 is 0 Å². The van der Waals surface area contributed by atoms with E-state index in [0.29, 0.717) is 11.8 Å². The third-order valence-electron chi connectivity index (χ3n) is 3.18. The molecule has 1 rings (SSSR count). The zero-order valence-electron chi connectivity index (χ0n) is 12.2. The lowest BCUT2D eigenvalue weighted by atomic mass is 9.91. The van der Waals surface area contributed by atoms with Crippen molar-refractivity contribution < 1.29 is 4.39 Å². The van der Waals surface area contributed by atoms with Gasteiger partial charge in [0.15, 0.2) is 0 Å². The quantitative estimate of drug-likeness (QED) is 0.676. The number of benzene rings is 1. The Balaban J connectivity index is 2.66. The van der Waals surface area contributed by atoms with Gasteiger partial charge in [-0.15, -0.1) is 0 Å². The Hall–Kier alpha value is -0.410. The van der Waals surface area contributed by atoms with Crippen molar-refractivity contribution in [2.45, 2.75) is 40.0 Å². The van der Waals surface area contributed by atoms with Gasteiger partial charge in [-0.1, -0.05) is 36.7 Å². The maximum Gasteiger partial charge on any atom is 0.123 e. The summed E-state index contributed by atoms with van der Waals surface area (Å²) in [7, 11) is 0. The van der Waals surface area contributed by atoms with E-state index in [0.717, 1.165) is 36.0 Å². The molecule has 1 N–H and O–H groups in total. The van der Waals surface area contributed by atoms with Gasteiger partial charge in [-0.25, -0.2) is 4.39 Å². The van der Waals surface area contributed by atoms with Crippen molar-refractivity contribution in [3.63, 3.8) is 0 Å². The van der Waals surface area contributed by atoms with Crippen LogP contribution >= 0.6 is 15.9 Å². The Morgan fingerprint density at radius 2 is 2.05 bits per heavy atom. The Labute approximate surface area is 125 Å². The second-order valence-electron chi connectivity index (χ2n) is 5.64. The molecule has 0 bridgehead atoms. The molecule has 0 amide bonds. The molecule has 0 aliphatic heterocycles. The van der Waals surface area contributed by atoms with Gasteiger partial charge < -0.3 is 5.32 Å². The van der Waals surface area contributed by atoms with E-state index in [4.69, 9.17) is 0 Å². The molecular weight excluding hydrogens is 305 g/mol. The van der Waals surface area contributed by atoms with Crippen molar-refractivity contribution >= 4 is 15.9 Å². The molecule has 108 valence electrons. The van der Waals surface area contributed by atoms with Gasteiger partial charge in [0.25, 0.3) is 0 Å². The van der Waals surface area contributed by atoms with Crippen LogP contribution < -0.4 is 5.32 Å². The normalized spacial score (nSPS) is 12.9. The van der Waals surface area contributed by atoms with Gasteiger partial charge in [0, 0.05) is 4.47 Å².